The van der Waals surface area contributed by atoms with Crippen LogP contribution in [0.25, 0.3) is 17.0 Å². The largest absolute Gasteiger partial charge is 0.465 e. The highest BCUT2D eigenvalue weighted by molar-refractivity contribution is 5.66. The van der Waals surface area contributed by atoms with Crippen molar-refractivity contribution < 1.29 is 19.0 Å². The second-order valence-corrected chi connectivity index (χ2v) is 11.0. The Morgan fingerprint density at radius 1 is 0.951 bits per heavy atom. The van der Waals surface area contributed by atoms with Crippen molar-refractivity contribution in [1.82, 2.24) is 24.5 Å². The second-order valence-electron chi connectivity index (χ2n) is 11.0. The number of likely N-dealkylation sites (tertiary alicyclic amines) is 1. The number of nitrogens with zero attached hydrogens (tertiary/aromatic N) is 7. The molecule has 1 amide bonds. The SMILES string of the molecule is O=C(O)N1CC(OC2CCN(c3cccc(-c4cnc5ccc(N6CCCC6c6cccc(F)c6)nn45)n3)CC2)C1. The lowest BCUT2D eigenvalue weighted by atomic mass is 10.0. The van der Waals surface area contributed by atoms with Crippen LogP contribution in [0.3, 0.4) is 0 Å². The Hall–Kier alpha value is -4.25. The first-order valence-corrected chi connectivity index (χ1v) is 14.2. The van der Waals surface area contributed by atoms with Crippen LogP contribution in [0.5, 0.6) is 0 Å². The molecule has 41 heavy (non-hydrogen) atoms. The highest BCUT2D eigenvalue weighted by atomic mass is 19.1. The summed E-state index contributed by atoms with van der Waals surface area (Å²) in [5.41, 5.74) is 3.32. The van der Waals surface area contributed by atoms with Crippen molar-refractivity contribution >= 4 is 23.4 Å². The Labute approximate surface area is 237 Å². The van der Waals surface area contributed by atoms with E-state index >= 15 is 0 Å². The lowest BCUT2D eigenvalue weighted by molar-refractivity contribution is -0.0888. The van der Waals surface area contributed by atoms with E-state index in [0.717, 1.165) is 79.6 Å². The number of pyridine rings is 1. The van der Waals surface area contributed by atoms with E-state index in [2.05, 4.69) is 14.8 Å². The molecule has 212 valence electrons. The van der Waals surface area contributed by atoms with Crippen LogP contribution in [0.4, 0.5) is 20.8 Å². The van der Waals surface area contributed by atoms with Gasteiger partial charge in [0.25, 0.3) is 0 Å². The number of hydrogen-bond donors (Lipinski definition) is 1. The molecule has 3 aromatic heterocycles. The lowest BCUT2D eigenvalue weighted by Crippen LogP contribution is -2.56. The summed E-state index contributed by atoms with van der Waals surface area (Å²) in [6.07, 6.45) is 4.78. The summed E-state index contributed by atoms with van der Waals surface area (Å²) in [6, 6.07) is 16.9. The molecule has 3 aliphatic rings. The minimum Gasteiger partial charge on any atom is -0.465 e. The number of anilines is 2. The van der Waals surface area contributed by atoms with Crippen molar-refractivity contribution in [3.63, 3.8) is 0 Å². The third-order valence-corrected chi connectivity index (χ3v) is 8.40. The normalized spacial score (nSPS) is 20.1. The van der Waals surface area contributed by atoms with Gasteiger partial charge in [-0.05, 0) is 67.6 Å². The Balaban J connectivity index is 1.07. The van der Waals surface area contributed by atoms with Gasteiger partial charge in [0, 0.05) is 19.6 Å². The van der Waals surface area contributed by atoms with Gasteiger partial charge in [-0.25, -0.2) is 23.7 Å². The molecule has 1 N–H and O–H groups in total. The third-order valence-electron chi connectivity index (χ3n) is 8.40. The zero-order valence-corrected chi connectivity index (χ0v) is 22.6. The first-order chi connectivity index (χ1) is 20.0. The zero-order chi connectivity index (χ0) is 27.9. The van der Waals surface area contributed by atoms with E-state index in [1.165, 1.54) is 11.0 Å². The van der Waals surface area contributed by atoms with Gasteiger partial charge in [0.1, 0.15) is 23.1 Å². The maximum atomic E-state index is 14.0. The highest BCUT2D eigenvalue weighted by Gasteiger charge is 2.34. The molecule has 3 saturated heterocycles. The summed E-state index contributed by atoms with van der Waals surface area (Å²) >= 11 is 0. The fourth-order valence-corrected chi connectivity index (χ4v) is 6.21. The fourth-order valence-electron chi connectivity index (χ4n) is 6.21. The smallest absolute Gasteiger partial charge is 0.407 e. The van der Waals surface area contributed by atoms with Crippen LogP contribution in [-0.4, -0.2) is 80.6 Å². The number of carboxylic acid groups (broad SMARTS) is 1. The number of piperidine rings is 1. The van der Waals surface area contributed by atoms with Gasteiger partial charge < -0.3 is 24.5 Å². The number of halogens is 1. The van der Waals surface area contributed by atoms with Gasteiger partial charge in [-0.3, -0.25) is 0 Å². The number of hydrogen-bond acceptors (Lipinski definition) is 7. The van der Waals surface area contributed by atoms with Crippen LogP contribution in [0.2, 0.25) is 0 Å². The van der Waals surface area contributed by atoms with Crippen molar-refractivity contribution in [1.29, 1.82) is 0 Å². The second kappa shape index (κ2) is 10.6. The molecule has 7 rings (SSSR count). The van der Waals surface area contributed by atoms with E-state index in [1.54, 1.807) is 12.1 Å². The van der Waals surface area contributed by atoms with E-state index in [-0.39, 0.29) is 24.1 Å². The molecule has 1 aromatic carbocycles. The molecule has 0 spiro atoms. The molecule has 0 aliphatic carbocycles. The predicted molar refractivity (Wildman–Crippen MR) is 152 cm³/mol. The number of carbonyl (C=O) groups is 1. The first-order valence-electron chi connectivity index (χ1n) is 14.2. The number of ether oxygens (including phenoxy) is 1. The number of amides is 1. The number of rotatable bonds is 6. The lowest BCUT2D eigenvalue weighted by Gasteiger charge is -2.41. The molecule has 3 fully saturated rings. The van der Waals surface area contributed by atoms with Crippen LogP contribution in [0, 0.1) is 5.82 Å². The van der Waals surface area contributed by atoms with Crippen LogP contribution >= 0.6 is 0 Å². The molecule has 1 atom stereocenters. The maximum absolute atomic E-state index is 14.0. The van der Waals surface area contributed by atoms with E-state index in [1.807, 2.05) is 47.1 Å². The number of imidazole rings is 1. The van der Waals surface area contributed by atoms with Crippen LogP contribution < -0.4 is 9.80 Å². The van der Waals surface area contributed by atoms with Gasteiger partial charge >= 0.3 is 6.09 Å². The molecule has 11 heteroatoms. The summed E-state index contributed by atoms with van der Waals surface area (Å²) in [5, 5.41) is 14.0. The van der Waals surface area contributed by atoms with Crippen molar-refractivity contribution in [2.75, 3.05) is 42.5 Å². The fraction of sp³-hybridized carbons (Fsp3) is 0.400. The van der Waals surface area contributed by atoms with E-state index < -0.39 is 6.09 Å². The molecule has 0 bridgehead atoms. The summed E-state index contributed by atoms with van der Waals surface area (Å²) in [5.74, 6) is 1.51. The summed E-state index contributed by atoms with van der Waals surface area (Å²) in [4.78, 5) is 26.5. The summed E-state index contributed by atoms with van der Waals surface area (Å²) < 4.78 is 21.9. The minimum atomic E-state index is -0.882. The van der Waals surface area contributed by atoms with Crippen molar-refractivity contribution in [2.45, 2.75) is 43.9 Å². The minimum absolute atomic E-state index is 0.00124. The van der Waals surface area contributed by atoms with Crippen molar-refractivity contribution in [3.8, 4) is 11.4 Å². The number of fused-ring (bicyclic) bond motifs is 1. The van der Waals surface area contributed by atoms with Gasteiger partial charge in [0.2, 0.25) is 0 Å². The standard InChI is InChI=1S/C30H32FN7O3/c31-21-5-1-4-20(16-21)25-7-3-13-37(25)29-10-9-27-32-17-26(38(27)34-29)24-6-2-8-28(33-24)35-14-11-22(12-15-35)41-23-18-36(19-23)30(39)40/h1-2,4-6,8-10,16-17,22-23,25H,3,7,11-15,18-19H2,(H,39,40). The van der Waals surface area contributed by atoms with Gasteiger partial charge in [-0.15, -0.1) is 5.10 Å². The monoisotopic (exact) mass is 557 g/mol. The number of aromatic nitrogens is 4. The first kappa shape index (κ1) is 25.7. The third kappa shape index (κ3) is 5.06. The van der Waals surface area contributed by atoms with Crippen molar-refractivity contribution in [2.24, 2.45) is 0 Å². The average Bonchev–Trinajstić information content (AvgIpc) is 3.62. The quantitative estimate of drug-likeness (QED) is 0.367. The predicted octanol–water partition coefficient (Wildman–Crippen LogP) is 4.62. The van der Waals surface area contributed by atoms with Gasteiger partial charge in [-0.1, -0.05) is 18.2 Å². The van der Waals surface area contributed by atoms with Gasteiger partial charge in [-0.2, -0.15) is 0 Å². The summed E-state index contributed by atoms with van der Waals surface area (Å²) in [7, 11) is 0. The Morgan fingerprint density at radius 2 is 1.78 bits per heavy atom. The maximum Gasteiger partial charge on any atom is 0.407 e. The molecular weight excluding hydrogens is 525 g/mol. The van der Waals surface area contributed by atoms with Gasteiger partial charge in [0.15, 0.2) is 5.65 Å². The Morgan fingerprint density at radius 3 is 2.59 bits per heavy atom. The van der Waals surface area contributed by atoms with Crippen LogP contribution in [-0.2, 0) is 4.74 Å². The summed E-state index contributed by atoms with van der Waals surface area (Å²) in [6.45, 7) is 3.41. The number of benzene rings is 1. The average molecular weight is 558 g/mol. The molecule has 4 aromatic rings. The molecule has 0 saturated carbocycles. The van der Waals surface area contributed by atoms with Crippen LogP contribution in [0.15, 0.2) is 60.8 Å². The molecule has 1 unspecified atom stereocenters. The van der Waals surface area contributed by atoms with Gasteiger partial charge in [0.05, 0.1) is 43.2 Å². The van der Waals surface area contributed by atoms with E-state index in [4.69, 9.17) is 19.9 Å². The van der Waals surface area contributed by atoms with Crippen LogP contribution in [0.1, 0.15) is 37.3 Å². The molecule has 10 nitrogen and oxygen atoms in total. The Bertz CT molecular complexity index is 1560. The topological polar surface area (TPSA) is 99.3 Å². The van der Waals surface area contributed by atoms with E-state index in [0.29, 0.717) is 13.1 Å². The highest BCUT2D eigenvalue weighted by Crippen LogP contribution is 2.36. The molecule has 3 aliphatic heterocycles. The van der Waals surface area contributed by atoms with Crippen molar-refractivity contribution in [3.05, 3.63) is 72.2 Å². The van der Waals surface area contributed by atoms with E-state index in [9.17, 15) is 9.18 Å². The molecule has 0 radical (unpaired) electrons. The molecule has 6 heterocycles. The molecular formula is C30H32FN7O3. The zero-order valence-electron chi connectivity index (χ0n) is 22.6. The Kier molecular flexibility index (Phi) is 6.66.